The maximum absolute atomic E-state index is 12.7. The molecule has 0 saturated carbocycles. The fourth-order valence-corrected chi connectivity index (χ4v) is 6.04. The molecule has 2 fully saturated rings. The third-order valence-electron chi connectivity index (χ3n) is 7.29. The van der Waals surface area contributed by atoms with Crippen molar-refractivity contribution in [3.63, 3.8) is 0 Å². The number of hydrogen-bond donors (Lipinski definition) is 0. The molecule has 6 nitrogen and oxygen atoms in total. The topological polar surface area (TPSA) is 71.1 Å². The van der Waals surface area contributed by atoms with Crippen molar-refractivity contribution < 1.29 is 28.5 Å². The van der Waals surface area contributed by atoms with Gasteiger partial charge in [-0.1, -0.05) is 24.3 Å². The molecule has 5 aliphatic rings. The zero-order valence-electron chi connectivity index (χ0n) is 15.8. The summed E-state index contributed by atoms with van der Waals surface area (Å²) in [5.41, 5.74) is 4.58. The highest BCUT2D eigenvalue weighted by Crippen LogP contribution is 2.60. The predicted octanol–water partition coefficient (Wildman–Crippen LogP) is 3.59. The molecule has 148 valence electrons. The zero-order chi connectivity index (χ0) is 19.3. The van der Waals surface area contributed by atoms with Crippen molar-refractivity contribution in [3.8, 4) is 0 Å². The van der Waals surface area contributed by atoms with Crippen molar-refractivity contribution in [1.82, 2.24) is 0 Å². The van der Waals surface area contributed by atoms with Crippen molar-refractivity contribution in [1.29, 1.82) is 0 Å². The number of ether oxygens (including phenoxy) is 4. The lowest BCUT2D eigenvalue weighted by Crippen LogP contribution is -2.24. The lowest BCUT2D eigenvalue weighted by Gasteiger charge is -2.24. The molecule has 5 aliphatic heterocycles. The molecule has 6 atom stereocenters. The molecule has 8 bridgehead atoms. The van der Waals surface area contributed by atoms with Crippen LogP contribution in [0.5, 0.6) is 0 Å². The lowest BCUT2D eigenvalue weighted by molar-refractivity contribution is -0.153. The van der Waals surface area contributed by atoms with E-state index in [0.717, 1.165) is 21.9 Å². The Bertz CT molecular complexity index is 1010. The second kappa shape index (κ2) is 5.58. The highest BCUT2D eigenvalue weighted by atomic mass is 16.6. The number of cyclic esters (lactones) is 2. The molecule has 0 aliphatic carbocycles. The van der Waals surface area contributed by atoms with Crippen LogP contribution in [0.2, 0.25) is 0 Å². The number of carbonyl (C=O) groups is 2. The summed E-state index contributed by atoms with van der Waals surface area (Å²) in [7, 11) is 0. The van der Waals surface area contributed by atoms with Gasteiger partial charge in [-0.25, -0.2) is 0 Å². The molecule has 5 heterocycles. The molecule has 2 aromatic rings. The Labute approximate surface area is 167 Å². The van der Waals surface area contributed by atoms with Crippen LogP contribution in [0.4, 0.5) is 0 Å². The molecular weight excluding hydrogens is 372 g/mol. The normalized spacial score (nSPS) is 36.7. The first-order valence-electron chi connectivity index (χ1n) is 10.4. The van der Waals surface area contributed by atoms with Gasteiger partial charge in [-0.3, -0.25) is 9.59 Å². The monoisotopic (exact) mass is 392 g/mol. The molecule has 2 aromatic carbocycles. The average molecular weight is 392 g/mol. The Hall–Kier alpha value is -2.44. The number of benzene rings is 2. The largest absolute Gasteiger partial charge is 0.465 e. The van der Waals surface area contributed by atoms with Gasteiger partial charge >= 0.3 is 11.9 Å². The van der Waals surface area contributed by atoms with Crippen LogP contribution in [0.3, 0.4) is 0 Å². The number of carbonyl (C=O) groups excluding carboxylic acids is 2. The molecule has 0 radical (unpaired) electrons. The van der Waals surface area contributed by atoms with Crippen molar-refractivity contribution in [2.75, 3.05) is 13.2 Å². The molecular formula is C23H20O6. The van der Waals surface area contributed by atoms with Crippen LogP contribution in [-0.4, -0.2) is 25.2 Å². The van der Waals surface area contributed by atoms with E-state index in [1.165, 1.54) is 11.1 Å². The van der Waals surface area contributed by atoms with E-state index in [2.05, 4.69) is 24.3 Å². The van der Waals surface area contributed by atoms with Crippen molar-refractivity contribution in [3.05, 3.63) is 46.5 Å². The second-order valence-electron chi connectivity index (χ2n) is 8.70. The van der Waals surface area contributed by atoms with Crippen molar-refractivity contribution in [2.45, 2.75) is 43.7 Å². The number of rotatable bonds is 0. The van der Waals surface area contributed by atoms with E-state index in [1.54, 1.807) is 0 Å². The SMILES string of the molecule is O=C1OCCCOC(=O)C2C[C@@H]3O[C@H]2c2c3ccc3c4c(ccc23)[C@@H]2CC1[C@H]4O2. The van der Waals surface area contributed by atoms with Crippen LogP contribution in [0, 0.1) is 11.8 Å². The number of hydrogen-bond acceptors (Lipinski definition) is 6. The van der Waals surface area contributed by atoms with E-state index < -0.39 is 0 Å². The summed E-state index contributed by atoms with van der Waals surface area (Å²) < 4.78 is 23.4. The first-order chi connectivity index (χ1) is 14.2. The van der Waals surface area contributed by atoms with Gasteiger partial charge < -0.3 is 18.9 Å². The second-order valence-corrected chi connectivity index (χ2v) is 8.70. The van der Waals surface area contributed by atoms with E-state index >= 15 is 0 Å². The van der Waals surface area contributed by atoms with Gasteiger partial charge in [0.15, 0.2) is 0 Å². The molecule has 2 saturated heterocycles. The smallest absolute Gasteiger partial charge is 0.312 e. The summed E-state index contributed by atoms with van der Waals surface area (Å²) in [6.45, 7) is 0.504. The summed E-state index contributed by atoms with van der Waals surface area (Å²) in [5, 5.41) is 2.20. The van der Waals surface area contributed by atoms with Crippen LogP contribution in [0.25, 0.3) is 10.8 Å². The Morgan fingerprint density at radius 1 is 0.690 bits per heavy atom. The van der Waals surface area contributed by atoms with E-state index in [1.807, 2.05) is 0 Å². The van der Waals surface area contributed by atoms with Gasteiger partial charge in [0, 0.05) is 6.42 Å². The van der Waals surface area contributed by atoms with Crippen LogP contribution >= 0.6 is 0 Å². The molecule has 0 N–H and O–H groups in total. The standard InChI is InChI=1S/C23H20O6/c24-22-14-9-17-13-5-3-11-10(18(13)20(14)29-17)2-4-12-16-8-15(21(28-16)19(11)12)23(25)27-7-1-6-26-22/h2-5,14-17,20-21H,1,6-9H2/t14?,15?,16-,17-,20+,21+/m0/s1. The summed E-state index contributed by atoms with van der Waals surface area (Å²) in [4.78, 5) is 25.4. The maximum Gasteiger partial charge on any atom is 0.312 e. The molecule has 0 amide bonds. The van der Waals surface area contributed by atoms with E-state index in [9.17, 15) is 9.59 Å². The van der Waals surface area contributed by atoms with Crippen molar-refractivity contribution in [2.24, 2.45) is 11.8 Å². The van der Waals surface area contributed by atoms with E-state index in [-0.39, 0.29) is 61.4 Å². The third-order valence-corrected chi connectivity index (χ3v) is 7.29. The van der Waals surface area contributed by atoms with Gasteiger partial charge in [0.25, 0.3) is 0 Å². The summed E-state index contributed by atoms with van der Waals surface area (Å²) in [5.74, 6) is -0.990. The van der Waals surface area contributed by atoms with Gasteiger partial charge in [0.1, 0.15) is 0 Å². The molecule has 0 spiro atoms. The Kier molecular flexibility index (Phi) is 3.15. The lowest BCUT2D eigenvalue weighted by atomic mass is 9.77. The minimum Gasteiger partial charge on any atom is -0.465 e. The van der Waals surface area contributed by atoms with Crippen LogP contribution in [0.15, 0.2) is 24.3 Å². The quantitative estimate of drug-likeness (QED) is 0.638. The highest BCUT2D eigenvalue weighted by Gasteiger charge is 2.52. The third kappa shape index (κ3) is 2.03. The van der Waals surface area contributed by atoms with E-state index in [0.29, 0.717) is 19.3 Å². The Morgan fingerprint density at radius 2 is 1.17 bits per heavy atom. The maximum atomic E-state index is 12.7. The molecule has 29 heavy (non-hydrogen) atoms. The molecule has 2 unspecified atom stereocenters. The fraction of sp³-hybridized carbons (Fsp3) is 0.478. The molecule has 0 aromatic heterocycles. The number of fused-ring (bicyclic) bond motifs is 4. The van der Waals surface area contributed by atoms with Gasteiger partial charge in [0.05, 0.1) is 49.5 Å². The molecule has 6 heteroatoms. The minimum atomic E-state index is -0.278. The van der Waals surface area contributed by atoms with Gasteiger partial charge in [-0.05, 0) is 45.9 Å². The van der Waals surface area contributed by atoms with Gasteiger partial charge in [-0.2, -0.15) is 0 Å². The highest BCUT2D eigenvalue weighted by molar-refractivity contribution is 5.94. The first kappa shape index (κ1) is 16.4. The first-order valence-corrected chi connectivity index (χ1v) is 10.4. The van der Waals surface area contributed by atoms with Crippen molar-refractivity contribution >= 4 is 22.7 Å². The summed E-state index contributed by atoms with van der Waals surface area (Å²) >= 11 is 0. The fourth-order valence-electron chi connectivity index (χ4n) is 6.04. The minimum absolute atomic E-state index is 0.0498. The summed E-state index contributed by atoms with van der Waals surface area (Å²) in [6.07, 6.45) is 1.21. The van der Waals surface area contributed by atoms with E-state index in [4.69, 9.17) is 18.9 Å². The Morgan fingerprint density at radius 3 is 1.66 bits per heavy atom. The van der Waals surface area contributed by atoms with Crippen LogP contribution in [-0.2, 0) is 28.5 Å². The van der Waals surface area contributed by atoms with Gasteiger partial charge in [0.2, 0.25) is 0 Å². The van der Waals surface area contributed by atoms with Crippen LogP contribution in [0.1, 0.15) is 65.9 Å². The number of esters is 2. The average Bonchev–Trinajstić information content (AvgIpc) is 3.50. The van der Waals surface area contributed by atoms with Gasteiger partial charge in [-0.15, -0.1) is 0 Å². The summed E-state index contributed by atoms with van der Waals surface area (Å²) in [6, 6.07) is 8.52. The van der Waals surface area contributed by atoms with Crippen LogP contribution < -0.4 is 0 Å². The Balaban J connectivity index is 1.44. The molecule has 7 rings (SSSR count). The zero-order valence-corrected chi connectivity index (χ0v) is 15.8. The predicted molar refractivity (Wildman–Crippen MR) is 99.8 cm³/mol.